The number of hydrogen-bond donors (Lipinski definition) is 1. The molecular formula is C18H19F2NO3S. The van der Waals surface area contributed by atoms with Crippen molar-refractivity contribution in [3.8, 4) is 11.5 Å². The molecule has 0 heterocycles. The summed E-state index contributed by atoms with van der Waals surface area (Å²) in [5, 5.41) is 2.82. The van der Waals surface area contributed by atoms with Crippen molar-refractivity contribution in [3.05, 3.63) is 53.6 Å². The van der Waals surface area contributed by atoms with Gasteiger partial charge in [-0.05, 0) is 43.3 Å². The van der Waals surface area contributed by atoms with Crippen LogP contribution >= 0.6 is 11.8 Å². The van der Waals surface area contributed by atoms with Crippen molar-refractivity contribution in [2.75, 3.05) is 20.0 Å². The molecule has 0 aliphatic rings. The minimum absolute atomic E-state index is 0.0308. The molecule has 0 radical (unpaired) electrons. The minimum atomic E-state index is -0.554. The fourth-order valence-electron chi connectivity index (χ4n) is 2.27. The van der Waals surface area contributed by atoms with Crippen molar-refractivity contribution in [2.45, 2.75) is 17.9 Å². The van der Waals surface area contributed by atoms with Gasteiger partial charge in [-0.3, -0.25) is 4.79 Å². The largest absolute Gasteiger partial charge is 0.497 e. The molecule has 25 heavy (non-hydrogen) atoms. The third kappa shape index (κ3) is 5.09. The van der Waals surface area contributed by atoms with E-state index in [2.05, 4.69) is 5.32 Å². The molecule has 0 spiro atoms. The monoisotopic (exact) mass is 367 g/mol. The Morgan fingerprint density at radius 2 is 1.92 bits per heavy atom. The maximum atomic E-state index is 13.6. The lowest BCUT2D eigenvalue weighted by Crippen LogP contribution is -2.28. The van der Waals surface area contributed by atoms with Gasteiger partial charge in [-0.2, -0.15) is 0 Å². The first-order valence-corrected chi connectivity index (χ1v) is 8.52. The number of benzene rings is 2. The lowest BCUT2D eigenvalue weighted by molar-refractivity contribution is -0.119. The van der Waals surface area contributed by atoms with Crippen molar-refractivity contribution in [1.29, 1.82) is 0 Å². The molecule has 1 atom stereocenters. The van der Waals surface area contributed by atoms with Crippen LogP contribution in [0.15, 0.2) is 41.3 Å². The fourth-order valence-corrected chi connectivity index (χ4v) is 3.04. The Bertz CT molecular complexity index is 755. The molecule has 2 aromatic rings. The van der Waals surface area contributed by atoms with Gasteiger partial charge < -0.3 is 14.8 Å². The summed E-state index contributed by atoms with van der Waals surface area (Å²) < 4.78 is 37.2. The van der Waals surface area contributed by atoms with E-state index < -0.39 is 11.6 Å². The van der Waals surface area contributed by atoms with E-state index in [0.717, 1.165) is 35.5 Å². The standard InChI is InChI=1S/C18H19F2NO3S/c1-11(14-9-13(23-2)5-7-16(14)24-3)21-18(22)10-25-17-8-12(19)4-6-15(17)20/h4-9,11H,10H2,1-3H3,(H,21,22)/t11-/m1/s1. The number of carbonyl (C=O) groups excluding carboxylic acids is 1. The number of methoxy groups -OCH3 is 2. The molecule has 2 aromatic carbocycles. The van der Waals surface area contributed by atoms with Gasteiger partial charge in [0.1, 0.15) is 23.1 Å². The van der Waals surface area contributed by atoms with E-state index in [4.69, 9.17) is 9.47 Å². The Morgan fingerprint density at radius 3 is 2.60 bits per heavy atom. The van der Waals surface area contributed by atoms with Gasteiger partial charge >= 0.3 is 0 Å². The highest BCUT2D eigenvalue weighted by molar-refractivity contribution is 8.00. The van der Waals surface area contributed by atoms with E-state index in [1.165, 1.54) is 0 Å². The molecule has 0 aromatic heterocycles. The second-order valence-electron chi connectivity index (χ2n) is 5.26. The molecule has 1 amide bonds. The van der Waals surface area contributed by atoms with Gasteiger partial charge in [0, 0.05) is 10.5 Å². The average Bonchev–Trinajstić information content (AvgIpc) is 2.61. The molecule has 0 aliphatic carbocycles. The summed E-state index contributed by atoms with van der Waals surface area (Å²) in [6.07, 6.45) is 0. The van der Waals surface area contributed by atoms with Gasteiger partial charge in [0.15, 0.2) is 0 Å². The van der Waals surface area contributed by atoms with Gasteiger partial charge in [0.05, 0.1) is 26.0 Å². The average molecular weight is 367 g/mol. The minimum Gasteiger partial charge on any atom is -0.497 e. The van der Waals surface area contributed by atoms with E-state index in [-0.39, 0.29) is 22.6 Å². The highest BCUT2D eigenvalue weighted by Crippen LogP contribution is 2.29. The van der Waals surface area contributed by atoms with E-state index in [0.29, 0.717) is 11.5 Å². The van der Waals surface area contributed by atoms with E-state index in [9.17, 15) is 13.6 Å². The topological polar surface area (TPSA) is 47.6 Å². The number of thioether (sulfide) groups is 1. The SMILES string of the molecule is COc1ccc(OC)c([C@@H](C)NC(=O)CSc2cc(F)ccc2F)c1. The Hall–Kier alpha value is -2.28. The zero-order valence-electron chi connectivity index (χ0n) is 14.1. The van der Waals surface area contributed by atoms with Crippen LogP contribution in [0.3, 0.4) is 0 Å². The third-order valence-corrected chi connectivity index (χ3v) is 4.56. The Kier molecular flexibility index (Phi) is 6.64. The number of halogens is 2. The van der Waals surface area contributed by atoms with Crippen LogP contribution in [0, 0.1) is 11.6 Å². The number of nitrogens with one attached hydrogen (secondary N) is 1. The summed E-state index contributed by atoms with van der Waals surface area (Å²) in [6.45, 7) is 1.81. The molecule has 1 N–H and O–H groups in total. The smallest absolute Gasteiger partial charge is 0.230 e. The molecule has 0 saturated carbocycles. The molecule has 0 unspecified atom stereocenters. The predicted molar refractivity (Wildman–Crippen MR) is 93.2 cm³/mol. The maximum absolute atomic E-state index is 13.6. The van der Waals surface area contributed by atoms with Crippen molar-refractivity contribution in [2.24, 2.45) is 0 Å². The van der Waals surface area contributed by atoms with Crippen molar-refractivity contribution < 1.29 is 23.0 Å². The Balaban J connectivity index is 2.01. The molecule has 0 saturated heterocycles. The van der Waals surface area contributed by atoms with Crippen LogP contribution in [0.1, 0.15) is 18.5 Å². The molecule has 0 fully saturated rings. The summed E-state index contributed by atoms with van der Waals surface area (Å²) in [5.41, 5.74) is 0.761. The van der Waals surface area contributed by atoms with E-state index in [1.807, 2.05) is 6.92 Å². The number of amides is 1. The summed E-state index contributed by atoms with van der Waals surface area (Å²) in [4.78, 5) is 12.2. The first-order valence-electron chi connectivity index (χ1n) is 7.53. The van der Waals surface area contributed by atoms with Crippen LogP contribution in [0.5, 0.6) is 11.5 Å². The van der Waals surface area contributed by atoms with Crippen LogP contribution in [-0.2, 0) is 4.79 Å². The Labute approximate surface area is 149 Å². The first-order chi connectivity index (χ1) is 11.9. The van der Waals surface area contributed by atoms with Gasteiger partial charge in [-0.15, -0.1) is 11.8 Å². The molecule has 0 bridgehead atoms. The fraction of sp³-hybridized carbons (Fsp3) is 0.278. The summed E-state index contributed by atoms with van der Waals surface area (Å²) in [7, 11) is 3.10. The van der Waals surface area contributed by atoms with Crippen LogP contribution in [-0.4, -0.2) is 25.9 Å². The summed E-state index contributed by atoms with van der Waals surface area (Å²) >= 11 is 0.941. The molecule has 2 rings (SSSR count). The van der Waals surface area contributed by atoms with Gasteiger partial charge in [0.2, 0.25) is 5.91 Å². The number of hydrogen-bond acceptors (Lipinski definition) is 4. The van der Waals surface area contributed by atoms with Crippen molar-refractivity contribution in [3.63, 3.8) is 0 Å². The quantitative estimate of drug-likeness (QED) is 0.753. The molecule has 4 nitrogen and oxygen atoms in total. The molecule has 0 aliphatic heterocycles. The van der Waals surface area contributed by atoms with Crippen LogP contribution in [0.25, 0.3) is 0 Å². The van der Waals surface area contributed by atoms with Crippen LogP contribution in [0.4, 0.5) is 8.78 Å². The normalized spacial score (nSPS) is 11.7. The van der Waals surface area contributed by atoms with Crippen molar-refractivity contribution in [1.82, 2.24) is 5.32 Å². The molecule has 7 heteroatoms. The highest BCUT2D eigenvalue weighted by Gasteiger charge is 2.16. The zero-order chi connectivity index (χ0) is 18.4. The lowest BCUT2D eigenvalue weighted by Gasteiger charge is -2.18. The van der Waals surface area contributed by atoms with E-state index >= 15 is 0 Å². The lowest BCUT2D eigenvalue weighted by atomic mass is 10.1. The number of ether oxygens (including phenoxy) is 2. The third-order valence-electron chi connectivity index (χ3n) is 3.53. The second-order valence-corrected chi connectivity index (χ2v) is 6.28. The summed E-state index contributed by atoms with van der Waals surface area (Å²) in [5.74, 6) is -0.158. The number of carbonyl (C=O) groups is 1. The van der Waals surface area contributed by atoms with Crippen LogP contribution in [0.2, 0.25) is 0 Å². The zero-order valence-corrected chi connectivity index (χ0v) is 15.0. The van der Waals surface area contributed by atoms with Gasteiger partial charge in [-0.1, -0.05) is 0 Å². The molecule has 134 valence electrons. The van der Waals surface area contributed by atoms with Gasteiger partial charge in [-0.25, -0.2) is 8.78 Å². The van der Waals surface area contributed by atoms with Gasteiger partial charge in [0.25, 0.3) is 0 Å². The van der Waals surface area contributed by atoms with E-state index in [1.54, 1.807) is 32.4 Å². The summed E-state index contributed by atoms with van der Waals surface area (Å²) in [6, 6.07) is 8.11. The molecular weight excluding hydrogens is 348 g/mol. The van der Waals surface area contributed by atoms with Crippen molar-refractivity contribution >= 4 is 17.7 Å². The highest BCUT2D eigenvalue weighted by atomic mass is 32.2. The second kappa shape index (κ2) is 8.71. The maximum Gasteiger partial charge on any atom is 0.230 e. The first kappa shape index (κ1) is 19.1. The Morgan fingerprint density at radius 1 is 1.16 bits per heavy atom. The number of rotatable bonds is 7. The predicted octanol–water partition coefficient (Wildman–Crippen LogP) is 3.95. The van der Waals surface area contributed by atoms with Crippen LogP contribution < -0.4 is 14.8 Å².